The second kappa shape index (κ2) is 11.1. The quantitative estimate of drug-likeness (QED) is 0.175. The van der Waals surface area contributed by atoms with Gasteiger partial charge in [0.1, 0.15) is 11.2 Å². The van der Waals surface area contributed by atoms with Crippen molar-refractivity contribution in [2.24, 2.45) is 0 Å². The molecule has 1 heterocycles. The summed E-state index contributed by atoms with van der Waals surface area (Å²) in [5, 5.41) is 3.84. The molecule has 228 valence electrons. The van der Waals surface area contributed by atoms with Crippen molar-refractivity contribution in [2.45, 2.75) is 0 Å². The molecule has 0 saturated carbocycles. The smallest absolute Gasteiger partial charge is 0.143 e. The molecule has 0 spiro atoms. The van der Waals surface area contributed by atoms with Crippen molar-refractivity contribution in [3.63, 3.8) is 0 Å². The zero-order chi connectivity index (χ0) is 44.5. The van der Waals surface area contributed by atoms with Gasteiger partial charge in [-0.3, -0.25) is 0 Å². The number of rotatable bonds is 4. The van der Waals surface area contributed by atoms with E-state index in [2.05, 4.69) is 0 Å². The monoisotopic (exact) mass is 636 g/mol. The lowest BCUT2D eigenvalue weighted by molar-refractivity contribution is 0.673. The molecule has 0 radical (unpaired) electrons. The van der Waals surface area contributed by atoms with Gasteiger partial charge in [0, 0.05) is 16.2 Å². The SMILES string of the molecule is [2H]c1c([2H])c([2H])c(-c2c([2H])c([2H])c(-c3c4ccccc4c(-c4ccc5oc6c7c([2H])c([2H])c([2H])c([2H])c7c(-c7ccccc7)c([2H])c6c5c4)c4ccccc34)c([2H])c2[2H])c([2H])c1[2H]. The van der Waals surface area contributed by atoms with Crippen molar-refractivity contribution in [1.29, 1.82) is 0 Å². The highest BCUT2D eigenvalue weighted by Gasteiger charge is 2.19. The molecule has 10 aromatic rings. The summed E-state index contributed by atoms with van der Waals surface area (Å²) >= 11 is 0. The van der Waals surface area contributed by atoms with E-state index in [4.69, 9.17) is 19.5 Å². The molecule has 1 nitrogen and oxygen atoms in total. The Morgan fingerprint density at radius 1 is 0.367 bits per heavy atom. The van der Waals surface area contributed by atoms with Gasteiger partial charge in [-0.1, -0.05) is 163 Å². The lowest BCUT2D eigenvalue weighted by Crippen LogP contribution is -1.91. The molecule has 10 rings (SSSR count). The van der Waals surface area contributed by atoms with Gasteiger partial charge in [0.15, 0.2) is 0 Å². The standard InChI is InChI=1S/C48H30O/c1-3-13-31(14-4-1)32-23-25-34(26-24-32)46-37-18-8-10-20-39(37)47(40-21-11-9-19-38(40)46)35-27-28-45-43(29-35)44-30-42(33-15-5-2-6-16-33)36-17-7-12-22-41(36)48(44)49-45/h1-30H/i1D,3D,4D,7D,12D,13D,14D,17D,22D,23D,24D,25D,26D,30D. The van der Waals surface area contributed by atoms with Crippen LogP contribution in [0.3, 0.4) is 0 Å². The zero-order valence-corrected chi connectivity index (χ0v) is 25.6. The number of hydrogen-bond acceptors (Lipinski definition) is 1. The Morgan fingerprint density at radius 2 is 0.918 bits per heavy atom. The maximum atomic E-state index is 9.68. The fourth-order valence-corrected chi connectivity index (χ4v) is 6.88. The summed E-state index contributed by atoms with van der Waals surface area (Å²) in [6.07, 6.45) is 0. The van der Waals surface area contributed by atoms with Crippen LogP contribution in [0.4, 0.5) is 0 Å². The molecule has 0 saturated heterocycles. The second-order valence-corrected chi connectivity index (χ2v) is 11.7. The number of hydrogen-bond donors (Lipinski definition) is 0. The predicted octanol–water partition coefficient (Wildman–Crippen LogP) is 13.7. The molecule has 0 unspecified atom stereocenters. The third kappa shape index (κ3) is 4.40. The average molecular weight is 637 g/mol. The van der Waals surface area contributed by atoms with E-state index in [1.807, 2.05) is 54.6 Å². The van der Waals surface area contributed by atoms with Gasteiger partial charge in [0.05, 0.1) is 19.2 Å². The molecule has 0 fully saturated rings. The van der Waals surface area contributed by atoms with Gasteiger partial charge in [-0.05, 0) is 89.6 Å². The molecule has 49 heavy (non-hydrogen) atoms. The average Bonchev–Trinajstić information content (AvgIpc) is 3.68. The molecule has 0 aliphatic carbocycles. The molecule has 0 bridgehead atoms. The van der Waals surface area contributed by atoms with Crippen LogP contribution in [0.5, 0.6) is 0 Å². The first kappa shape index (κ1) is 17.1. The highest BCUT2D eigenvalue weighted by molar-refractivity contribution is 6.23. The summed E-state index contributed by atoms with van der Waals surface area (Å²) in [5.41, 5.74) is 2.53. The first-order chi connectivity index (χ1) is 30.1. The van der Waals surface area contributed by atoms with Crippen LogP contribution in [0.1, 0.15) is 19.2 Å². The van der Waals surface area contributed by atoms with Gasteiger partial charge in [0.2, 0.25) is 0 Å². The third-order valence-corrected chi connectivity index (χ3v) is 9.01. The van der Waals surface area contributed by atoms with Crippen molar-refractivity contribution >= 4 is 54.3 Å². The van der Waals surface area contributed by atoms with E-state index in [9.17, 15) is 4.11 Å². The molecule has 1 heteroatoms. The fourth-order valence-electron chi connectivity index (χ4n) is 6.88. The third-order valence-electron chi connectivity index (χ3n) is 9.01. The molecular formula is C48H30O. The number of fused-ring (bicyclic) bond motifs is 7. The summed E-state index contributed by atoms with van der Waals surface area (Å²) < 4.78 is 130. The molecular weight excluding hydrogens is 593 g/mol. The van der Waals surface area contributed by atoms with E-state index >= 15 is 0 Å². The van der Waals surface area contributed by atoms with Crippen molar-refractivity contribution in [2.75, 3.05) is 0 Å². The van der Waals surface area contributed by atoms with Crippen LogP contribution >= 0.6 is 0 Å². The van der Waals surface area contributed by atoms with Gasteiger partial charge in [-0.2, -0.15) is 0 Å². The number of benzene rings is 9. The molecule has 0 aliphatic rings. The maximum Gasteiger partial charge on any atom is 0.143 e. The van der Waals surface area contributed by atoms with Gasteiger partial charge < -0.3 is 4.42 Å². The van der Waals surface area contributed by atoms with Gasteiger partial charge in [-0.15, -0.1) is 0 Å². The minimum absolute atomic E-state index is 0.0277. The van der Waals surface area contributed by atoms with Crippen LogP contribution in [-0.4, -0.2) is 0 Å². The lowest BCUT2D eigenvalue weighted by Gasteiger charge is -2.18. The number of furan rings is 1. The Balaban J connectivity index is 1.28. The highest BCUT2D eigenvalue weighted by Crippen LogP contribution is 2.46. The van der Waals surface area contributed by atoms with Crippen molar-refractivity contribution in [1.82, 2.24) is 0 Å². The Morgan fingerprint density at radius 3 is 1.59 bits per heavy atom. The zero-order valence-electron chi connectivity index (χ0n) is 39.6. The molecule has 0 atom stereocenters. The maximum absolute atomic E-state index is 9.68. The normalized spacial score (nSPS) is 15.7. The van der Waals surface area contributed by atoms with Crippen LogP contribution in [0, 0.1) is 0 Å². The molecule has 0 N–H and O–H groups in total. The van der Waals surface area contributed by atoms with E-state index in [0.29, 0.717) is 60.2 Å². The fraction of sp³-hybridized carbons (Fsp3) is 0. The van der Waals surface area contributed by atoms with Crippen LogP contribution in [0.25, 0.3) is 98.8 Å². The van der Waals surface area contributed by atoms with Crippen LogP contribution in [0.2, 0.25) is 0 Å². The summed E-state index contributed by atoms with van der Waals surface area (Å²) in [6, 6.07) is 22.7. The van der Waals surface area contributed by atoms with Gasteiger partial charge in [0.25, 0.3) is 0 Å². The van der Waals surface area contributed by atoms with Crippen LogP contribution in [0.15, 0.2) is 186 Å². The van der Waals surface area contributed by atoms with E-state index < -0.39 is 77.6 Å². The van der Waals surface area contributed by atoms with Crippen LogP contribution < -0.4 is 0 Å². The van der Waals surface area contributed by atoms with E-state index in [1.54, 1.807) is 42.5 Å². The predicted molar refractivity (Wildman–Crippen MR) is 208 cm³/mol. The van der Waals surface area contributed by atoms with E-state index in [0.717, 1.165) is 5.56 Å². The first-order valence-electron chi connectivity index (χ1n) is 22.7. The largest absolute Gasteiger partial charge is 0.455 e. The Hall–Kier alpha value is -6.44. The van der Waals surface area contributed by atoms with E-state index in [1.165, 1.54) is 0 Å². The Labute approximate surface area is 304 Å². The Kier molecular flexibility index (Phi) is 3.87. The van der Waals surface area contributed by atoms with Crippen molar-refractivity contribution in [3.05, 3.63) is 182 Å². The van der Waals surface area contributed by atoms with Crippen molar-refractivity contribution < 1.29 is 23.6 Å². The molecule has 0 aliphatic heterocycles. The molecule has 1 aromatic heterocycles. The van der Waals surface area contributed by atoms with Gasteiger partial charge in [-0.25, -0.2) is 0 Å². The highest BCUT2D eigenvalue weighted by atomic mass is 16.3. The summed E-state index contributed by atoms with van der Waals surface area (Å²) in [5.74, 6) is 0. The minimum atomic E-state index is -0.655. The minimum Gasteiger partial charge on any atom is -0.455 e. The lowest BCUT2D eigenvalue weighted by atomic mass is 9.85. The summed E-state index contributed by atoms with van der Waals surface area (Å²) in [4.78, 5) is 0. The van der Waals surface area contributed by atoms with Gasteiger partial charge >= 0.3 is 0 Å². The van der Waals surface area contributed by atoms with E-state index in [-0.39, 0.29) is 40.0 Å². The van der Waals surface area contributed by atoms with Crippen molar-refractivity contribution in [3.8, 4) is 44.5 Å². The molecule has 9 aromatic carbocycles. The van der Waals surface area contributed by atoms with Crippen LogP contribution in [-0.2, 0) is 0 Å². The second-order valence-electron chi connectivity index (χ2n) is 11.7. The first-order valence-corrected chi connectivity index (χ1v) is 15.7. The topological polar surface area (TPSA) is 13.1 Å². The molecule has 0 amide bonds. The summed E-state index contributed by atoms with van der Waals surface area (Å²) in [6.45, 7) is 0. The Bertz CT molecular complexity index is 3560. The summed E-state index contributed by atoms with van der Waals surface area (Å²) in [7, 11) is 0.